The summed E-state index contributed by atoms with van der Waals surface area (Å²) in [5, 5.41) is 0. The molecule has 25 heavy (non-hydrogen) atoms. The Labute approximate surface area is 149 Å². The number of methoxy groups -OCH3 is 2. The molecule has 0 atom stereocenters. The number of amides is 1. The SMILES string of the molecule is CCCC(=O)N=c1sc2cc(OC)c(OC)cc2n1CC(=O)OCC. The first-order valence-corrected chi connectivity index (χ1v) is 8.84. The lowest BCUT2D eigenvalue weighted by atomic mass is 10.3. The molecule has 2 rings (SSSR count). The van der Waals surface area contributed by atoms with Gasteiger partial charge in [0.1, 0.15) is 6.54 Å². The summed E-state index contributed by atoms with van der Waals surface area (Å²) in [6.07, 6.45) is 1.08. The minimum absolute atomic E-state index is 0.0262. The number of carbonyl (C=O) groups excluding carboxylic acids is 2. The number of fused-ring (bicyclic) bond motifs is 1. The van der Waals surface area contributed by atoms with Crippen LogP contribution >= 0.6 is 11.3 Å². The van der Waals surface area contributed by atoms with E-state index in [0.717, 1.165) is 10.2 Å². The number of ether oxygens (including phenoxy) is 3. The summed E-state index contributed by atoms with van der Waals surface area (Å²) in [5.41, 5.74) is 0.735. The number of esters is 1. The smallest absolute Gasteiger partial charge is 0.326 e. The predicted molar refractivity (Wildman–Crippen MR) is 95.0 cm³/mol. The molecule has 0 aliphatic carbocycles. The van der Waals surface area contributed by atoms with E-state index in [4.69, 9.17) is 14.2 Å². The van der Waals surface area contributed by atoms with E-state index in [9.17, 15) is 9.59 Å². The van der Waals surface area contributed by atoms with Crippen molar-refractivity contribution in [1.29, 1.82) is 0 Å². The normalized spacial score (nSPS) is 11.6. The van der Waals surface area contributed by atoms with Gasteiger partial charge in [0.2, 0.25) is 5.91 Å². The molecule has 1 aromatic carbocycles. The molecule has 1 heterocycles. The topological polar surface area (TPSA) is 79.1 Å². The standard InChI is InChI=1S/C17H22N2O5S/c1-5-7-15(20)18-17-19(10-16(21)24-6-2)11-8-12(22-3)13(23-4)9-14(11)25-17/h8-9H,5-7,10H2,1-4H3. The molecule has 136 valence electrons. The largest absolute Gasteiger partial charge is 0.493 e. The van der Waals surface area contributed by atoms with Gasteiger partial charge in [0, 0.05) is 18.6 Å². The van der Waals surface area contributed by atoms with Crippen molar-refractivity contribution in [2.24, 2.45) is 4.99 Å². The summed E-state index contributed by atoms with van der Waals surface area (Å²) in [4.78, 5) is 28.6. The maximum absolute atomic E-state index is 12.0. The molecular weight excluding hydrogens is 344 g/mol. The van der Waals surface area contributed by atoms with Gasteiger partial charge in [-0.1, -0.05) is 18.3 Å². The van der Waals surface area contributed by atoms with Gasteiger partial charge >= 0.3 is 5.97 Å². The van der Waals surface area contributed by atoms with Gasteiger partial charge in [-0.2, -0.15) is 4.99 Å². The summed E-state index contributed by atoms with van der Waals surface area (Å²) < 4.78 is 18.2. The second kappa shape index (κ2) is 8.66. The highest BCUT2D eigenvalue weighted by atomic mass is 32.1. The van der Waals surface area contributed by atoms with Crippen LogP contribution in [0.5, 0.6) is 11.5 Å². The molecule has 1 amide bonds. The average molecular weight is 366 g/mol. The molecule has 0 saturated carbocycles. The predicted octanol–water partition coefficient (Wildman–Crippen LogP) is 2.51. The Kier molecular flexibility index (Phi) is 6.58. The van der Waals surface area contributed by atoms with Crippen molar-refractivity contribution in [2.75, 3.05) is 20.8 Å². The van der Waals surface area contributed by atoms with Gasteiger partial charge in [-0.15, -0.1) is 0 Å². The van der Waals surface area contributed by atoms with Crippen molar-refractivity contribution in [3.8, 4) is 11.5 Å². The van der Waals surface area contributed by atoms with Crippen molar-refractivity contribution in [1.82, 2.24) is 4.57 Å². The van der Waals surface area contributed by atoms with E-state index in [1.54, 1.807) is 31.8 Å². The molecule has 0 saturated heterocycles. The highest BCUT2D eigenvalue weighted by Gasteiger charge is 2.15. The molecule has 7 nitrogen and oxygen atoms in total. The second-order valence-electron chi connectivity index (χ2n) is 5.21. The lowest BCUT2D eigenvalue weighted by Gasteiger charge is -2.09. The van der Waals surface area contributed by atoms with Crippen molar-refractivity contribution in [2.45, 2.75) is 33.2 Å². The van der Waals surface area contributed by atoms with Gasteiger partial charge in [0.15, 0.2) is 16.3 Å². The maximum atomic E-state index is 12.0. The number of benzene rings is 1. The highest BCUT2D eigenvalue weighted by molar-refractivity contribution is 7.16. The van der Waals surface area contributed by atoms with Crippen LogP contribution in [0, 0.1) is 0 Å². The van der Waals surface area contributed by atoms with Crippen LogP contribution < -0.4 is 14.3 Å². The zero-order chi connectivity index (χ0) is 18.4. The number of carbonyl (C=O) groups is 2. The summed E-state index contributed by atoms with van der Waals surface area (Å²) in [6.45, 7) is 3.93. The van der Waals surface area contributed by atoms with E-state index in [2.05, 4.69) is 4.99 Å². The third-order valence-electron chi connectivity index (χ3n) is 3.46. The zero-order valence-corrected chi connectivity index (χ0v) is 15.6. The van der Waals surface area contributed by atoms with Crippen LogP contribution in [0.2, 0.25) is 0 Å². The molecule has 0 aliphatic heterocycles. The van der Waals surface area contributed by atoms with E-state index in [-0.39, 0.29) is 18.4 Å². The van der Waals surface area contributed by atoms with Gasteiger partial charge in [-0.05, 0) is 13.3 Å². The van der Waals surface area contributed by atoms with E-state index < -0.39 is 0 Å². The van der Waals surface area contributed by atoms with Crippen LogP contribution in [-0.4, -0.2) is 37.3 Å². The Morgan fingerprint density at radius 2 is 1.84 bits per heavy atom. The van der Waals surface area contributed by atoms with E-state index in [1.807, 2.05) is 13.0 Å². The first kappa shape index (κ1) is 19.0. The molecule has 2 aromatic rings. The molecule has 0 fully saturated rings. The molecular formula is C17H22N2O5S. The van der Waals surface area contributed by atoms with Crippen LogP contribution in [0.4, 0.5) is 0 Å². The first-order valence-electron chi connectivity index (χ1n) is 8.02. The number of hydrogen-bond donors (Lipinski definition) is 0. The minimum Gasteiger partial charge on any atom is -0.493 e. The van der Waals surface area contributed by atoms with E-state index in [0.29, 0.717) is 35.7 Å². The van der Waals surface area contributed by atoms with Gasteiger partial charge in [-0.3, -0.25) is 9.59 Å². The number of hydrogen-bond acceptors (Lipinski definition) is 6. The molecule has 0 aliphatic rings. The molecule has 1 aromatic heterocycles. The summed E-state index contributed by atoms with van der Waals surface area (Å²) in [6, 6.07) is 3.58. The highest BCUT2D eigenvalue weighted by Crippen LogP contribution is 2.33. The fourth-order valence-corrected chi connectivity index (χ4v) is 3.40. The molecule has 8 heteroatoms. The quantitative estimate of drug-likeness (QED) is 0.704. The Hall–Kier alpha value is -2.35. The second-order valence-corrected chi connectivity index (χ2v) is 6.22. The van der Waals surface area contributed by atoms with Gasteiger partial charge in [0.05, 0.1) is 31.0 Å². The number of rotatable bonds is 7. The van der Waals surface area contributed by atoms with Crippen LogP contribution in [0.15, 0.2) is 17.1 Å². The van der Waals surface area contributed by atoms with Crippen LogP contribution in [0.3, 0.4) is 0 Å². The number of aromatic nitrogens is 1. The number of nitrogens with zero attached hydrogens (tertiary/aromatic N) is 2. The Balaban J connectivity index is 2.64. The van der Waals surface area contributed by atoms with Crippen LogP contribution in [-0.2, 0) is 20.9 Å². The Bertz CT molecular complexity index is 837. The molecule has 0 unspecified atom stereocenters. The molecule has 0 bridgehead atoms. The lowest BCUT2D eigenvalue weighted by molar-refractivity contribution is -0.143. The fraction of sp³-hybridized carbons (Fsp3) is 0.471. The molecule has 0 N–H and O–H groups in total. The Morgan fingerprint density at radius 1 is 1.16 bits per heavy atom. The van der Waals surface area contributed by atoms with Crippen LogP contribution in [0.1, 0.15) is 26.7 Å². The van der Waals surface area contributed by atoms with Crippen molar-refractivity contribution < 1.29 is 23.8 Å². The van der Waals surface area contributed by atoms with Gasteiger partial charge in [0.25, 0.3) is 0 Å². The summed E-state index contributed by atoms with van der Waals surface area (Å²) >= 11 is 1.32. The summed E-state index contributed by atoms with van der Waals surface area (Å²) in [7, 11) is 3.10. The molecule has 0 spiro atoms. The van der Waals surface area contributed by atoms with Crippen molar-refractivity contribution in [3.05, 3.63) is 16.9 Å². The Morgan fingerprint density at radius 3 is 2.44 bits per heavy atom. The average Bonchev–Trinajstić information content (AvgIpc) is 2.90. The van der Waals surface area contributed by atoms with Gasteiger partial charge < -0.3 is 18.8 Å². The number of thiazole rings is 1. The lowest BCUT2D eigenvalue weighted by Crippen LogP contribution is -2.23. The third-order valence-corrected chi connectivity index (χ3v) is 4.51. The third kappa shape index (κ3) is 4.39. The van der Waals surface area contributed by atoms with Crippen LogP contribution in [0.25, 0.3) is 10.2 Å². The monoisotopic (exact) mass is 366 g/mol. The fourth-order valence-electron chi connectivity index (χ4n) is 2.35. The van der Waals surface area contributed by atoms with Crippen molar-refractivity contribution in [3.63, 3.8) is 0 Å². The van der Waals surface area contributed by atoms with Gasteiger partial charge in [-0.25, -0.2) is 0 Å². The zero-order valence-electron chi connectivity index (χ0n) is 14.8. The van der Waals surface area contributed by atoms with Crippen molar-refractivity contribution >= 4 is 33.4 Å². The van der Waals surface area contributed by atoms with E-state index in [1.165, 1.54) is 11.3 Å². The first-order chi connectivity index (χ1) is 12.0. The summed E-state index contributed by atoms with van der Waals surface area (Å²) in [5.74, 6) is 0.509. The molecule has 0 radical (unpaired) electrons. The maximum Gasteiger partial charge on any atom is 0.326 e. The van der Waals surface area contributed by atoms with E-state index >= 15 is 0 Å². The minimum atomic E-state index is -0.388.